The van der Waals surface area contributed by atoms with Crippen molar-refractivity contribution in [2.24, 2.45) is 0 Å². The maximum absolute atomic E-state index is 5.47. The first kappa shape index (κ1) is 21.0. The van der Waals surface area contributed by atoms with E-state index in [4.69, 9.17) is 19.6 Å². The molecule has 2 aromatic heterocycles. The van der Waals surface area contributed by atoms with Crippen molar-refractivity contribution in [3.8, 4) is 50.4 Å². The summed E-state index contributed by atoms with van der Waals surface area (Å²) in [7, 11) is 3.34. The molecule has 0 bridgehead atoms. The summed E-state index contributed by atoms with van der Waals surface area (Å²) in [6.45, 7) is 2.10. The molecule has 0 unspecified atom stereocenters. The molecule has 0 N–H and O–H groups in total. The number of nitrogens with zero attached hydrogens (tertiary/aromatic N) is 3. The summed E-state index contributed by atoms with van der Waals surface area (Å²) in [6, 6.07) is 28.3. The normalized spacial score (nSPS) is 10.9. The molecule has 3 aromatic carbocycles. The van der Waals surface area contributed by atoms with Crippen molar-refractivity contribution < 1.29 is 9.47 Å². The summed E-state index contributed by atoms with van der Waals surface area (Å²) < 4.78 is 12.8. The molecule has 0 aliphatic heterocycles. The van der Waals surface area contributed by atoms with E-state index in [-0.39, 0.29) is 0 Å². The van der Waals surface area contributed by atoms with Gasteiger partial charge in [-0.05, 0) is 37.3 Å². The topological polar surface area (TPSA) is 49.2 Å². The van der Waals surface area contributed by atoms with Crippen LogP contribution in [-0.4, -0.2) is 29.0 Å². The van der Waals surface area contributed by atoms with Crippen LogP contribution in [0.4, 0.5) is 0 Å². The van der Waals surface area contributed by atoms with Gasteiger partial charge in [0.25, 0.3) is 0 Å². The molecule has 5 rings (SSSR count). The van der Waals surface area contributed by atoms with Gasteiger partial charge in [-0.2, -0.15) is 5.10 Å². The molecule has 0 saturated heterocycles. The fraction of sp³-hybridized carbons (Fsp3) is 0.111. The first-order valence-electron chi connectivity index (χ1n) is 10.6. The van der Waals surface area contributed by atoms with Gasteiger partial charge in [0, 0.05) is 21.6 Å². The van der Waals surface area contributed by atoms with Crippen LogP contribution in [0.3, 0.4) is 0 Å². The Hall–Kier alpha value is -3.90. The van der Waals surface area contributed by atoms with Crippen molar-refractivity contribution in [3.05, 3.63) is 89.8 Å². The molecule has 0 amide bonds. The predicted molar refractivity (Wildman–Crippen MR) is 133 cm³/mol. The van der Waals surface area contributed by atoms with Gasteiger partial charge in [0.2, 0.25) is 5.13 Å². The molecule has 164 valence electrons. The zero-order valence-electron chi connectivity index (χ0n) is 18.6. The standard InChI is InChI=1S/C27H23N3O2S/c1-18-26(19-9-5-4-6-10-19)28-27(33-18)30-25(21-12-8-14-23(16-21)32-3)17-24(29-30)20-11-7-13-22(15-20)31-2/h4-17H,1-3H3. The lowest BCUT2D eigenvalue weighted by atomic mass is 10.1. The van der Waals surface area contributed by atoms with Crippen LogP contribution in [0.25, 0.3) is 38.9 Å². The SMILES string of the molecule is COc1cccc(-c2cc(-c3cccc(OC)c3)n(-c3nc(-c4ccccc4)c(C)s3)n2)c1. The van der Waals surface area contributed by atoms with E-state index < -0.39 is 0 Å². The number of aryl methyl sites for hydroxylation is 1. The van der Waals surface area contributed by atoms with E-state index in [1.165, 1.54) is 0 Å². The minimum absolute atomic E-state index is 0.793. The Morgan fingerprint density at radius 2 is 1.36 bits per heavy atom. The Balaban J connectivity index is 1.68. The fourth-order valence-corrected chi connectivity index (χ4v) is 4.67. The molecule has 0 fully saturated rings. The number of benzene rings is 3. The van der Waals surface area contributed by atoms with E-state index in [9.17, 15) is 0 Å². The largest absolute Gasteiger partial charge is 0.497 e. The first-order valence-corrected chi connectivity index (χ1v) is 11.4. The highest BCUT2D eigenvalue weighted by atomic mass is 32.1. The van der Waals surface area contributed by atoms with E-state index >= 15 is 0 Å². The van der Waals surface area contributed by atoms with E-state index in [1.54, 1.807) is 25.6 Å². The van der Waals surface area contributed by atoms with E-state index in [0.717, 1.165) is 55.3 Å². The minimum Gasteiger partial charge on any atom is -0.497 e. The van der Waals surface area contributed by atoms with Gasteiger partial charge in [-0.15, -0.1) is 0 Å². The smallest absolute Gasteiger partial charge is 0.211 e. The molecule has 5 nitrogen and oxygen atoms in total. The molecule has 0 saturated carbocycles. The molecule has 0 aliphatic rings. The van der Waals surface area contributed by atoms with Crippen molar-refractivity contribution >= 4 is 11.3 Å². The van der Waals surface area contributed by atoms with Crippen molar-refractivity contribution in [2.45, 2.75) is 6.92 Å². The number of ether oxygens (including phenoxy) is 2. The molecule has 6 heteroatoms. The zero-order chi connectivity index (χ0) is 22.8. The lowest BCUT2D eigenvalue weighted by molar-refractivity contribution is 0.415. The number of methoxy groups -OCH3 is 2. The van der Waals surface area contributed by atoms with Gasteiger partial charge >= 0.3 is 0 Å². The van der Waals surface area contributed by atoms with Crippen molar-refractivity contribution in [1.82, 2.24) is 14.8 Å². The van der Waals surface area contributed by atoms with Crippen LogP contribution in [0.2, 0.25) is 0 Å². The number of thiazole rings is 1. The lowest BCUT2D eigenvalue weighted by Gasteiger charge is -2.06. The third kappa shape index (κ3) is 4.13. The number of hydrogen-bond acceptors (Lipinski definition) is 5. The molecular formula is C27H23N3O2S. The molecule has 33 heavy (non-hydrogen) atoms. The highest BCUT2D eigenvalue weighted by Crippen LogP contribution is 2.35. The van der Waals surface area contributed by atoms with Gasteiger partial charge in [-0.25, -0.2) is 9.67 Å². The fourth-order valence-electron chi connectivity index (χ4n) is 3.78. The average Bonchev–Trinajstić information content (AvgIpc) is 3.49. The van der Waals surface area contributed by atoms with Gasteiger partial charge in [0.15, 0.2) is 0 Å². The van der Waals surface area contributed by atoms with Crippen LogP contribution in [0.15, 0.2) is 84.9 Å². The quantitative estimate of drug-likeness (QED) is 0.289. The Morgan fingerprint density at radius 3 is 2.06 bits per heavy atom. The van der Waals surface area contributed by atoms with Crippen LogP contribution >= 0.6 is 11.3 Å². The number of aromatic nitrogens is 3. The van der Waals surface area contributed by atoms with Gasteiger partial charge in [0.1, 0.15) is 11.5 Å². The summed E-state index contributed by atoms with van der Waals surface area (Å²) >= 11 is 1.63. The van der Waals surface area contributed by atoms with Crippen molar-refractivity contribution in [1.29, 1.82) is 0 Å². The average molecular weight is 454 g/mol. The van der Waals surface area contributed by atoms with Crippen molar-refractivity contribution in [3.63, 3.8) is 0 Å². The van der Waals surface area contributed by atoms with Crippen LogP contribution in [0, 0.1) is 6.92 Å². The second kappa shape index (κ2) is 8.92. The Bertz CT molecular complexity index is 1410. The van der Waals surface area contributed by atoms with Gasteiger partial charge < -0.3 is 9.47 Å². The van der Waals surface area contributed by atoms with E-state index in [1.807, 2.05) is 65.3 Å². The maximum atomic E-state index is 5.47. The van der Waals surface area contributed by atoms with Gasteiger partial charge in [-0.1, -0.05) is 65.9 Å². The summed E-state index contributed by atoms with van der Waals surface area (Å²) in [5.74, 6) is 1.59. The summed E-state index contributed by atoms with van der Waals surface area (Å²) in [5.41, 5.74) is 5.85. The predicted octanol–water partition coefficient (Wildman–Crippen LogP) is 6.66. The molecular weight excluding hydrogens is 430 g/mol. The molecule has 0 atom stereocenters. The molecule has 0 radical (unpaired) electrons. The van der Waals surface area contributed by atoms with Gasteiger partial charge in [-0.3, -0.25) is 0 Å². The monoisotopic (exact) mass is 453 g/mol. The zero-order valence-corrected chi connectivity index (χ0v) is 19.5. The van der Waals surface area contributed by atoms with Crippen molar-refractivity contribution in [2.75, 3.05) is 14.2 Å². The summed E-state index contributed by atoms with van der Waals surface area (Å²) in [5, 5.41) is 5.79. The molecule has 5 aromatic rings. The highest BCUT2D eigenvalue weighted by Gasteiger charge is 2.18. The molecule has 0 spiro atoms. The summed E-state index contributed by atoms with van der Waals surface area (Å²) in [4.78, 5) is 6.13. The van der Waals surface area contributed by atoms with Crippen LogP contribution < -0.4 is 9.47 Å². The summed E-state index contributed by atoms with van der Waals surface area (Å²) in [6.07, 6.45) is 0. The second-order valence-corrected chi connectivity index (χ2v) is 8.74. The van der Waals surface area contributed by atoms with Crippen LogP contribution in [-0.2, 0) is 0 Å². The maximum Gasteiger partial charge on any atom is 0.211 e. The highest BCUT2D eigenvalue weighted by molar-refractivity contribution is 7.14. The van der Waals surface area contributed by atoms with E-state index in [2.05, 4.69) is 31.2 Å². The van der Waals surface area contributed by atoms with Crippen LogP contribution in [0.1, 0.15) is 4.88 Å². The molecule has 2 heterocycles. The van der Waals surface area contributed by atoms with E-state index in [0.29, 0.717) is 0 Å². The number of hydrogen-bond donors (Lipinski definition) is 0. The second-order valence-electron chi connectivity index (χ2n) is 7.56. The lowest BCUT2D eigenvalue weighted by Crippen LogP contribution is -1.99. The number of rotatable bonds is 6. The minimum atomic E-state index is 0.793. The van der Waals surface area contributed by atoms with Gasteiger partial charge in [0.05, 0.1) is 31.3 Å². The molecule has 0 aliphatic carbocycles. The third-order valence-electron chi connectivity index (χ3n) is 5.45. The Labute approximate surface area is 196 Å². The first-order chi connectivity index (χ1) is 16.2. The Kier molecular flexibility index (Phi) is 5.67. The van der Waals surface area contributed by atoms with Crippen LogP contribution in [0.5, 0.6) is 11.5 Å². The Morgan fingerprint density at radius 1 is 0.727 bits per heavy atom. The third-order valence-corrected chi connectivity index (χ3v) is 6.40.